The maximum absolute atomic E-state index is 13.3. The van der Waals surface area contributed by atoms with Crippen LogP contribution in [0.15, 0.2) is 24.3 Å². The van der Waals surface area contributed by atoms with E-state index in [0.29, 0.717) is 36.8 Å². The van der Waals surface area contributed by atoms with Crippen LogP contribution in [0.2, 0.25) is 0 Å². The number of morpholine rings is 1. The fourth-order valence-corrected chi connectivity index (χ4v) is 4.61. The molecule has 2 N–H and O–H groups in total. The normalized spacial score (nSPS) is 19.0. The Bertz CT molecular complexity index is 990. The first-order chi connectivity index (χ1) is 15.0. The molecule has 1 fully saturated rings. The highest BCUT2D eigenvalue weighted by molar-refractivity contribution is 7.17. The molecule has 0 spiro atoms. The number of thiazole rings is 1. The van der Waals surface area contributed by atoms with Gasteiger partial charge in [-0.15, -0.1) is 0 Å². The lowest BCUT2D eigenvalue weighted by molar-refractivity contribution is -0.125. The van der Waals surface area contributed by atoms with Gasteiger partial charge in [0.25, 0.3) is 5.91 Å². The van der Waals surface area contributed by atoms with Gasteiger partial charge in [-0.1, -0.05) is 17.4 Å². The molecule has 1 unspecified atom stereocenters. The van der Waals surface area contributed by atoms with Crippen molar-refractivity contribution in [2.75, 3.05) is 44.7 Å². The summed E-state index contributed by atoms with van der Waals surface area (Å²) in [4.78, 5) is 44.4. The van der Waals surface area contributed by atoms with Gasteiger partial charge < -0.3 is 10.1 Å². The molecule has 1 aliphatic carbocycles. The van der Waals surface area contributed by atoms with Gasteiger partial charge >= 0.3 is 0 Å². The van der Waals surface area contributed by atoms with Crippen molar-refractivity contribution in [2.45, 2.75) is 12.8 Å². The van der Waals surface area contributed by atoms with Gasteiger partial charge in [0.15, 0.2) is 10.9 Å². The van der Waals surface area contributed by atoms with Crippen molar-refractivity contribution in [1.82, 2.24) is 15.2 Å². The first-order valence-corrected chi connectivity index (χ1v) is 11.0. The van der Waals surface area contributed by atoms with Gasteiger partial charge in [-0.2, -0.15) is 0 Å². The number of fused-ring (bicyclic) bond motifs is 1. The van der Waals surface area contributed by atoms with Gasteiger partial charge in [0.1, 0.15) is 5.82 Å². The Morgan fingerprint density at radius 3 is 2.84 bits per heavy atom. The summed E-state index contributed by atoms with van der Waals surface area (Å²) in [5.74, 6) is -1.80. The molecule has 2 aromatic rings. The van der Waals surface area contributed by atoms with Gasteiger partial charge in [0.05, 0.1) is 29.7 Å². The molecule has 0 radical (unpaired) electrons. The van der Waals surface area contributed by atoms with Crippen LogP contribution < -0.4 is 10.6 Å². The van der Waals surface area contributed by atoms with Crippen molar-refractivity contribution in [1.29, 1.82) is 0 Å². The van der Waals surface area contributed by atoms with Gasteiger partial charge in [-0.3, -0.25) is 24.6 Å². The van der Waals surface area contributed by atoms with Crippen LogP contribution in [0.1, 0.15) is 32.1 Å². The average molecular weight is 447 g/mol. The highest BCUT2D eigenvalue weighted by atomic mass is 32.1. The van der Waals surface area contributed by atoms with E-state index in [1.807, 2.05) is 0 Å². The fraction of sp³-hybridized carbons (Fsp3) is 0.429. The Hall–Kier alpha value is -2.69. The number of benzene rings is 1. The number of rotatable bonds is 6. The van der Waals surface area contributed by atoms with Crippen LogP contribution in [-0.2, 0) is 16.0 Å². The molecule has 2 heterocycles. The molecular weight excluding hydrogens is 423 g/mol. The zero-order valence-electron chi connectivity index (χ0n) is 16.9. The molecule has 0 saturated carbocycles. The summed E-state index contributed by atoms with van der Waals surface area (Å²) >= 11 is 1.08. The van der Waals surface area contributed by atoms with Crippen LogP contribution >= 0.6 is 11.3 Å². The fourth-order valence-electron chi connectivity index (χ4n) is 3.67. The highest BCUT2D eigenvalue weighted by Crippen LogP contribution is 2.32. The molecule has 1 atom stereocenters. The van der Waals surface area contributed by atoms with Crippen molar-refractivity contribution in [3.8, 4) is 0 Å². The van der Waals surface area contributed by atoms with Crippen LogP contribution in [0.4, 0.5) is 9.52 Å². The minimum absolute atomic E-state index is 0.121. The van der Waals surface area contributed by atoms with E-state index in [2.05, 4.69) is 20.5 Å². The molecule has 2 aliphatic rings. The van der Waals surface area contributed by atoms with E-state index >= 15 is 0 Å². The number of anilines is 1. The van der Waals surface area contributed by atoms with Crippen LogP contribution in [0.5, 0.6) is 0 Å². The summed E-state index contributed by atoms with van der Waals surface area (Å²) < 4.78 is 18.6. The van der Waals surface area contributed by atoms with Gasteiger partial charge in [0, 0.05) is 44.6 Å². The second-order valence-corrected chi connectivity index (χ2v) is 8.53. The van der Waals surface area contributed by atoms with Crippen molar-refractivity contribution in [3.63, 3.8) is 0 Å². The van der Waals surface area contributed by atoms with Crippen molar-refractivity contribution in [3.05, 3.63) is 46.2 Å². The number of aromatic nitrogens is 1. The van der Waals surface area contributed by atoms with Crippen molar-refractivity contribution in [2.24, 2.45) is 5.92 Å². The second-order valence-electron chi connectivity index (χ2n) is 7.53. The van der Waals surface area contributed by atoms with Crippen LogP contribution in [0.3, 0.4) is 0 Å². The number of amides is 2. The first kappa shape index (κ1) is 21.5. The predicted molar refractivity (Wildman–Crippen MR) is 113 cm³/mol. The van der Waals surface area contributed by atoms with E-state index in [4.69, 9.17) is 4.74 Å². The molecule has 31 heavy (non-hydrogen) atoms. The minimum atomic E-state index is -0.510. The van der Waals surface area contributed by atoms with Crippen LogP contribution in [0.25, 0.3) is 0 Å². The molecule has 8 nitrogen and oxygen atoms in total. The molecule has 164 valence electrons. The number of hydrogen-bond acceptors (Lipinski definition) is 7. The van der Waals surface area contributed by atoms with Crippen molar-refractivity contribution < 1.29 is 23.5 Å². The van der Waals surface area contributed by atoms with Gasteiger partial charge in [-0.25, -0.2) is 9.37 Å². The number of ether oxygens (including phenoxy) is 1. The molecular formula is C21H23FN4O4S. The standard InChI is InChI=1S/C21H23FN4O4S/c22-15-3-1-2-13(10-15)20(29)25-21-24-16-11-14(12-17(27)18(16)31-21)19(28)23-4-5-26-6-8-30-9-7-26/h1-3,10,14H,4-9,11-12H2,(H,23,28)(H,24,25,29). The predicted octanol–water partition coefficient (Wildman–Crippen LogP) is 1.73. The van der Waals surface area contributed by atoms with E-state index in [-0.39, 0.29) is 28.8 Å². The lowest BCUT2D eigenvalue weighted by Crippen LogP contribution is -2.43. The molecule has 0 bridgehead atoms. The quantitative estimate of drug-likeness (QED) is 0.701. The van der Waals surface area contributed by atoms with Crippen LogP contribution in [0, 0.1) is 11.7 Å². The number of nitrogens with zero attached hydrogens (tertiary/aromatic N) is 2. The number of hydrogen-bond donors (Lipinski definition) is 2. The Labute approximate surface area is 182 Å². The van der Waals surface area contributed by atoms with E-state index in [0.717, 1.165) is 37.0 Å². The molecule has 1 aromatic heterocycles. The minimum Gasteiger partial charge on any atom is -0.379 e. The van der Waals surface area contributed by atoms with E-state index < -0.39 is 17.6 Å². The van der Waals surface area contributed by atoms with E-state index in [9.17, 15) is 18.8 Å². The Balaban J connectivity index is 1.34. The Morgan fingerprint density at radius 1 is 1.26 bits per heavy atom. The van der Waals surface area contributed by atoms with Gasteiger partial charge in [-0.05, 0) is 18.2 Å². The number of carbonyl (C=O) groups excluding carboxylic acids is 3. The van der Waals surface area contributed by atoms with Crippen LogP contribution in [-0.4, -0.2) is 66.9 Å². The molecule has 10 heteroatoms. The summed E-state index contributed by atoms with van der Waals surface area (Å²) in [7, 11) is 0. The third kappa shape index (κ3) is 5.33. The van der Waals surface area contributed by atoms with Crippen molar-refractivity contribution >= 4 is 34.1 Å². The summed E-state index contributed by atoms with van der Waals surface area (Å²) in [6.07, 6.45) is 0.465. The number of carbonyl (C=O) groups is 3. The topological polar surface area (TPSA) is 101 Å². The number of halogens is 1. The maximum atomic E-state index is 13.3. The summed E-state index contributed by atoms with van der Waals surface area (Å²) in [6.45, 7) is 4.37. The maximum Gasteiger partial charge on any atom is 0.257 e. The van der Waals surface area contributed by atoms with E-state index in [1.165, 1.54) is 18.2 Å². The zero-order chi connectivity index (χ0) is 21.8. The Kier molecular flexibility index (Phi) is 6.69. The lowest BCUT2D eigenvalue weighted by Gasteiger charge is -2.27. The molecule has 1 aromatic carbocycles. The van der Waals surface area contributed by atoms with Gasteiger partial charge in [0.2, 0.25) is 5.91 Å². The molecule has 2 amide bonds. The third-order valence-electron chi connectivity index (χ3n) is 5.33. The van der Waals surface area contributed by atoms with E-state index in [1.54, 1.807) is 0 Å². The molecule has 4 rings (SSSR count). The average Bonchev–Trinajstić information content (AvgIpc) is 3.17. The number of ketones is 1. The largest absolute Gasteiger partial charge is 0.379 e. The first-order valence-electron chi connectivity index (χ1n) is 10.2. The second kappa shape index (κ2) is 9.63. The molecule has 1 aliphatic heterocycles. The zero-order valence-corrected chi connectivity index (χ0v) is 17.7. The third-order valence-corrected chi connectivity index (χ3v) is 6.39. The summed E-state index contributed by atoms with van der Waals surface area (Å²) in [5, 5.41) is 5.79. The number of nitrogens with one attached hydrogen (secondary N) is 2. The molecule has 1 saturated heterocycles. The summed E-state index contributed by atoms with van der Waals surface area (Å²) in [5.41, 5.74) is 0.682. The highest BCUT2D eigenvalue weighted by Gasteiger charge is 2.33. The Morgan fingerprint density at radius 2 is 2.06 bits per heavy atom. The monoisotopic (exact) mass is 446 g/mol. The lowest BCUT2D eigenvalue weighted by atomic mass is 9.89. The smallest absolute Gasteiger partial charge is 0.257 e. The summed E-state index contributed by atoms with van der Waals surface area (Å²) in [6, 6.07) is 5.33. The SMILES string of the molecule is O=C(Nc1nc2c(s1)C(=O)CC(C(=O)NCCN1CCOCC1)C2)c1cccc(F)c1. The number of Topliss-reactive ketones (excluding diaryl/α,β-unsaturated/α-hetero) is 1.